The number of carbonyl (C=O) groups is 1. The number of hydrogen-bond acceptors (Lipinski definition) is 5. The molecule has 24 heavy (non-hydrogen) atoms. The van der Waals surface area contributed by atoms with Crippen molar-refractivity contribution in [2.24, 2.45) is 0 Å². The maximum atomic E-state index is 12.2. The first-order valence-electron chi connectivity index (χ1n) is 7.55. The van der Waals surface area contributed by atoms with Gasteiger partial charge in [-0.1, -0.05) is 0 Å². The van der Waals surface area contributed by atoms with E-state index in [0.717, 1.165) is 17.0 Å². The van der Waals surface area contributed by atoms with Crippen LogP contribution >= 0.6 is 0 Å². The van der Waals surface area contributed by atoms with E-state index in [1.807, 2.05) is 19.9 Å². The van der Waals surface area contributed by atoms with Gasteiger partial charge >= 0.3 is 0 Å². The summed E-state index contributed by atoms with van der Waals surface area (Å²) in [7, 11) is 4.70. The molecule has 1 aromatic heterocycles. The van der Waals surface area contributed by atoms with Gasteiger partial charge in [0.25, 0.3) is 0 Å². The Morgan fingerprint density at radius 3 is 2.17 bits per heavy atom. The van der Waals surface area contributed by atoms with Crippen LogP contribution in [0.15, 0.2) is 18.2 Å². The Kier molecular flexibility index (Phi) is 5.68. The van der Waals surface area contributed by atoms with E-state index in [2.05, 4.69) is 10.4 Å². The summed E-state index contributed by atoms with van der Waals surface area (Å²) in [6.07, 6.45) is 0. The number of benzene rings is 1. The van der Waals surface area contributed by atoms with E-state index < -0.39 is 0 Å². The number of aryl methyl sites for hydroxylation is 2. The molecule has 1 N–H and O–H groups in total. The molecule has 0 aliphatic rings. The zero-order valence-electron chi connectivity index (χ0n) is 14.7. The van der Waals surface area contributed by atoms with Gasteiger partial charge in [0.05, 0.1) is 39.1 Å². The second-order valence-corrected chi connectivity index (χ2v) is 5.37. The molecule has 0 fully saturated rings. The van der Waals surface area contributed by atoms with Gasteiger partial charge in [-0.25, -0.2) is 0 Å². The molecule has 2 rings (SSSR count). The van der Waals surface area contributed by atoms with Gasteiger partial charge in [-0.15, -0.1) is 0 Å². The third-order valence-electron chi connectivity index (χ3n) is 3.68. The zero-order valence-corrected chi connectivity index (χ0v) is 14.7. The third-order valence-corrected chi connectivity index (χ3v) is 3.68. The molecule has 0 aliphatic heterocycles. The van der Waals surface area contributed by atoms with Gasteiger partial charge in [0.15, 0.2) is 0 Å². The van der Waals surface area contributed by atoms with Crippen LogP contribution in [0.4, 0.5) is 0 Å². The summed E-state index contributed by atoms with van der Waals surface area (Å²) >= 11 is 0. The molecule has 0 saturated carbocycles. The van der Waals surface area contributed by atoms with Crippen molar-refractivity contribution in [3.63, 3.8) is 0 Å². The van der Waals surface area contributed by atoms with Crippen LogP contribution in [0.25, 0.3) is 0 Å². The van der Waals surface area contributed by atoms with Gasteiger partial charge in [-0.3, -0.25) is 9.48 Å². The van der Waals surface area contributed by atoms with Crippen molar-refractivity contribution in [3.8, 4) is 17.2 Å². The number of carbonyl (C=O) groups excluding carboxylic acids is 1. The smallest absolute Gasteiger partial charge is 0.242 e. The highest BCUT2D eigenvalue weighted by atomic mass is 16.5. The third kappa shape index (κ3) is 3.98. The van der Waals surface area contributed by atoms with Crippen molar-refractivity contribution in [1.82, 2.24) is 15.1 Å². The maximum absolute atomic E-state index is 12.2. The average Bonchev–Trinajstić information content (AvgIpc) is 2.89. The Labute approximate surface area is 141 Å². The molecule has 0 unspecified atom stereocenters. The van der Waals surface area contributed by atoms with Crippen LogP contribution in [-0.2, 0) is 17.9 Å². The molecule has 2 aromatic rings. The molecule has 1 heterocycles. The molecule has 7 heteroatoms. The molecule has 1 aromatic carbocycles. The Balaban J connectivity index is 2.10. The van der Waals surface area contributed by atoms with Crippen molar-refractivity contribution >= 4 is 5.91 Å². The summed E-state index contributed by atoms with van der Waals surface area (Å²) in [5, 5.41) is 7.16. The number of rotatable bonds is 7. The quantitative estimate of drug-likeness (QED) is 0.837. The van der Waals surface area contributed by atoms with Crippen molar-refractivity contribution in [2.75, 3.05) is 21.3 Å². The number of aromatic nitrogens is 2. The van der Waals surface area contributed by atoms with Gasteiger partial charge in [0, 0.05) is 17.8 Å². The second-order valence-electron chi connectivity index (χ2n) is 5.37. The lowest BCUT2D eigenvalue weighted by Gasteiger charge is -2.15. The van der Waals surface area contributed by atoms with Crippen LogP contribution in [0.2, 0.25) is 0 Å². The Morgan fingerprint density at radius 2 is 1.71 bits per heavy atom. The van der Waals surface area contributed by atoms with Gasteiger partial charge in [0.2, 0.25) is 5.91 Å². The first-order chi connectivity index (χ1) is 11.5. The van der Waals surface area contributed by atoms with Crippen LogP contribution in [0.1, 0.15) is 17.0 Å². The normalized spacial score (nSPS) is 10.4. The predicted molar refractivity (Wildman–Crippen MR) is 89.6 cm³/mol. The van der Waals surface area contributed by atoms with Gasteiger partial charge in [-0.2, -0.15) is 5.10 Å². The Bertz CT molecular complexity index is 700. The van der Waals surface area contributed by atoms with Gasteiger partial charge in [0.1, 0.15) is 23.8 Å². The number of hydrogen-bond donors (Lipinski definition) is 1. The molecule has 7 nitrogen and oxygen atoms in total. The summed E-state index contributed by atoms with van der Waals surface area (Å²) in [5.74, 6) is 1.68. The van der Waals surface area contributed by atoms with E-state index in [0.29, 0.717) is 17.2 Å². The molecule has 0 atom stereocenters. The molecule has 0 saturated heterocycles. The molecular formula is C17H23N3O4. The van der Waals surface area contributed by atoms with Gasteiger partial charge in [-0.05, 0) is 19.9 Å². The van der Waals surface area contributed by atoms with E-state index in [1.54, 1.807) is 38.1 Å². The number of nitrogens with zero attached hydrogens (tertiary/aromatic N) is 2. The fourth-order valence-corrected chi connectivity index (χ4v) is 2.47. The summed E-state index contributed by atoms with van der Waals surface area (Å²) in [6, 6.07) is 5.44. The fraction of sp³-hybridized carbons (Fsp3) is 0.412. The number of nitrogens with one attached hydrogen (secondary N) is 1. The summed E-state index contributed by atoms with van der Waals surface area (Å²) in [5.41, 5.74) is 2.59. The first kappa shape index (κ1) is 17.7. The highest BCUT2D eigenvalue weighted by Gasteiger charge is 2.15. The number of methoxy groups -OCH3 is 3. The lowest BCUT2D eigenvalue weighted by Crippen LogP contribution is -2.28. The van der Waals surface area contributed by atoms with E-state index >= 15 is 0 Å². The average molecular weight is 333 g/mol. The highest BCUT2D eigenvalue weighted by molar-refractivity contribution is 5.76. The van der Waals surface area contributed by atoms with E-state index in [9.17, 15) is 4.79 Å². The second kappa shape index (κ2) is 7.72. The van der Waals surface area contributed by atoms with Gasteiger partial charge < -0.3 is 19.5 Å². The van der Waals surface area contributed by atoms with Crippen molar-refractivity contribution < 1.29 is 19.0 Å². The Hall–Kier alpha value is -2.70. The first-order valence-corrected chi connectivity index (χ1v) is 7.55. The molecule has 0 radical (unpaired) electrons. The van der Waals surface area contributed by atoms with Crippen LogP contribution < -0.4 is 19.5 Å². The largest absolute Gasteiger partial charge is 0.496 e. The van der Waals surface area contributed by atoms with E-state index in [-0.39, 0.29) is 19.0 Å². The summed E-state index contributed by atoms with van der Waals surface area (Å²) < 4.78 is 17.6. The van der Waals surface area contributed by atoms with E-state index in [1.165, 1.54) is 0 Å². The molecule has 0 spiro atoms. The summed E-state index contributed by atoms with van der Waals surface area (Å²) in [6.45, 7) is 4.27. The predicted octanol–water partition coefficient (Wildman–Crippen LogP) is 1.84. The van der Waals surface area contributed by atoms with E-state index in [4.69, 9.17) is 14.2 Å². The van der Waals surface area contributed by atoms with Crippen molar-refractivity contribution in [3.05, 3.63) is 35.2 Å². The Morgan fingerprint density at radius 1 is 1.08 bits per heavy atom. The maximum Gasteiger partial charge on any atom is 0.242 e. The standard InChI is InChI=1S/C17H23N3O4/c1-11-6-12(2)20(19-11)10-17(21)18-9-14-15(23-4)7-13(22-3)8-16(14)24-5/h6-8H,9-10H2,1-5H3,(H,18,21). The molecular weight excluding hydrogens is 310 g/mol. The minimum absolute atomic E-state index is 0.138. The molecule has 0 aliphatic carbocycles. The van der Waals surface area contributed by atoms with Crippen LogP contribution in [0, 0.1) is 13.8 Å². The number of amides is 1. The SMILES string of the molecule is COc1cc(OC)c(CNC(=O)Cn2nc(C)cc2C)c(OC)c1. The van der Waals surface area contributed by atoms with Crippen molar-refractivity contribution in [2.45, 2.75) is 26.9 Å². The highest BCUT2D eigenvalue weighted by Crippen LogP contribution is 2.33. The van der Waals surface area contributed by atoms with Crippen molar-refractivity contribution in [1.29, 1.82) is 0 Å². The summed E-state index contributed by atoms with van der Waals surface area (Å²) in [4.78, 5) is 12.2. The van der Waals surface area contributed by atoms with Crippen LogP contribution in [-0.4, -0.2) is 37.0 Å². The fourth-order valence-electron chi connectivity index (χ4n) is 2.47. The number of ether oxygens (including phenoxy) is 3. The minimum atomic E-state index is -0.138. The monoisotopic (exact) mass is 333 g/mol. The van der Waals surface area contributed by atoms with Crippen LogP contribution in [0.5, 0.6) is 17.2 Å². The lowest BCUT2D eigenvalue weighted by molar-refractivity contribution is -0.122. The molecule has 130 valence electrons. The molecule has 0 bridgehead atoms. The molecule has 1 amide bonds. The minimum Gasteiger partial charge on any atom is -0.496 e. The van der Waals surface area contributed by atoms with Crippen LogP contribution in [0.3, 0.4) is 0 Å². The topological polar surface area (TPSA) is 74.6 Å². The zero-order chi connectivity index (χ0) is 17.7. The lowest BCUT2D eigenvalue weighted by atomic mass is 10.1.